The number of rotatable bonds is 1. The highest BCUT2D eigenvalue weighted by Gasteiger charge is 2.15. The van der Waals surface area contributed by atoms with E-state index in [0.29, 0.717) is 0 Å². The lowest BCUT2D eigenvalue weighted by atomic mass is 9.90. The standard InChI is InChI=1S/C10H19NO2/c1-8-4-2-6-9(7-3-5-8)11-10(12)13/h8-9,11H,2-7H2,1H3,(H,12,13). The molecule has 0 radical (unpaired) electrons. The smallest absolute Gasteiger partial charge is 0.404 e. The predicted octanol–water partition coefficient (Wildman–Crippen LogP) is 2.61. The van der Waals surface area contributed by atoms with Crippen LogP contribution in [0.2, 0.25) is 0 Å². The lowest BCUT2D eigenvalue weighted by molar-refractivity contribution is 0.186. The van der Waals surface area contributed by atoms with Gasteiger partial charge in [-0.05, 0) is 18.8 Å². The van der Waals surface area contributed by atoms with Gasteiger partial charge in [0.1, 0.15) is 0 Å². The maximum Gasteiger partial charge on any atom is 0.404 e. The SMILES string of the molecule is CC1CCCC(NC(=O)O)CCC1. The van der Waals surface area contributed by atoms with Crippen molar-refractivity contribution < 1.29 is 9.90 Å². The summed E-state index contributed by atoms with van der Waals surface area (Å²) in [6, 6.07) is 0.199. The summed E-state index contributed by atoms with van der Waals surface area (Å²) in [7, 11) is 0. The van der Waals surface area contributed by atoms with E-state index in [4.69, 9.17) is 5.11 Å². The summed E-state index contributed by atoms with van der Waals surface area (Å²) in [6.07, 6.45) is 5.96. The third-order valence-corrected chi connectivity index (χ3v) is 2.83. The molecule has 0 aromatic rings. The molecule has 1 aliphatic carbocycles. The Morgan fingerprint density at radius 1 is 1.23 bits per heavy atom. The molecule has 0 aliphatic heterocycles. The van der Waals surface area contributed by atoms with E-state index in [1.165, 1.54) is 12.8 Å². The van der Waals surface area contributed by atoms with E-state index in [2.05, 4.69) is 12.2 Å². The molecule has 0 atom stereocenters. The van der Waals surface area contributed by atoms with Crippen LogP contribution in [0.5, 0.6) is 0 Å². The minimum Gasteiger partial charge on any atom is -0.465 e. The molecule has 0 aromatic carbocycles. The van der Waals surface area contributed by atoms with Crippen molar-refractivity contribution in [3.05, 3.63) is 0 Å². The average Bonchev–Trinajstić information content (AvgIpc) is 1.99. The molecule has 0 bridgehead atoms. The van der Waals surface area contributed by atoms with Crippen LogP contribution < -0.4 is 5.32 Å². The van der Waals surface area contributed by atoms with Crippen molar-refractivity contribution in [3.63, 3.8) is 0 Å². The van der Waals surface area contributed by atoms with Gasteiger partial charge in [0.15, 0.2) is 0 Å². The molecule has 1 fully saturated rings. The van der Waals surface area contributed by atoms with Crippen LogP contribution in [-0.4, -0.2) is 17.2 Å². The van der Waals surface area contributed by atoms with Crippen LogP contribution in [0.3, 0.4) is 0 Å². The Hall–Kier alpha value is -0.730. The third kappa shape index (κ3) is 4.15. The monoisotopic (exact) mass is 185 g/mol. The Balaban J connectivity index is 2.28. The van der Waals surface area contributed by atoms with Gasteiger partial charge in [-0.1, -0.05) is 32.6 Å². The number of hydrogen-bond acceptors (Lipinski definition) is 1. The largest absolute Gasteiger partial charge is 0.465 e. The van der Waals surface area contributed by atoms with Crippen LogP contribution in [0.1, 0.15) is 45.4 Å². The summed E-state index contributed by atoms with van der Waals surface area (Å²) < 4.78 is 0. The molecule has 0 saturated heterocycles. The fourth-order valence-corrected chi connectivity index (χ4v) is 2.03. The topological polar surface area (TPSA) is 49.3 Å². The number of carboxylic acid groups (broad SMARTS) is 1. The Morgan fingerprint density at radius 3 is 2.23 bits per heavy atom. The zero-order valence-corrected chi connectivity index (χ0v) is 8.25. The van der Waals surface area contributed by atoms with Crippen LogP contribution >= 0.6 is 0 Å². The lowest BCUT2D eigenvalue weighted by Gasteiger charge is -2.22. The van der Waals surface area contributed by atoms with E-state index < -0.39 is 6.09 Å². The molecule has 13 heavy (non-hydrogen) atoms. The van der Waals surface area contributed by atoms with E-state index >= 15 is 0 Å². The Bertz CT molecular complexity index is 160. The van der Waals surface area contributed by atoms with Crippen LogP contribution in [0, 0.1) is 5.92 Å². The van der Waals surface area contributed by atoms with Crippen molar-refractivity contribution in [2.24, 2.45) is 5.92 Å². The first-order chi connectivity index (χ1) is 6.18. The second-order valence-electron chi connectivity index (χ2n) is 4.11. The zero-order valence-electron chi connectivity index (χ0n) is 8.25. The number of amides is 1. The summed E-state index contributed by atoms with van der Waals surface area (Å²) >= 11 is 0. The second kappa shape index (κ2) is 5.10. The average molecular weight is 185 g/mol. The molecule has 3 nitrogen and oxygen atoms in total. The number of hydrogen-bond donors (Lipinski definition) is 2. The van der Waals surface area contributed by atoms with Crippen LogP contribution in [0.25, 0.3) is 0 Å². The molecule has 1 aliphatic rings. The summed E-state index contributed by atoms with van der Waals surface area (Å²) in [5.41, 5.74) is 0. The first-order valence-electron chi connectivity index (χ1n) is 5.18. The molecule has 0 heterocycles. The molecule has 1 amide bonds. The quantitative estimate of drug-likeness (QED) is 0.659. The molecule has 3 heteroatoms. The van der Waals surface area contributed by atoms with Gasteiger partial charge in [0.05, 0.1) is 0 Å². The molecular weight excluding hydrogens is 166 g/mol. The van der Waals surface area contributed by atoms with Gasteiger partial charge in [0, 0.05) is 6.04 Å². The first kappa shape index (κ1) is 10.4. The van der Waals surface area contributed by atoms with Gasteiger partial charge in [0.2, 0.25) is 0 Å². The van der Waals surface area contributed by atoms with Crippen LogP contribution in [0.4, 0.5) is 4.79 Å². The lowest BCUT2D eigenvalue weighted by Crippen LogP contribution is -2.34. The Labute approximate surface area is 79.5 Å². The van der Waals surface area contributed by atoms with Gasteiger partial charge < -0.3 is 10.4 Å². The van der Waals surface area contributed by atoms with E-state index in [0.717, 1.165) is 31.6 Å². The van der Waals surface area contributed by atoms with Gasteiger partial charge >= 0.3 is 6.09 Å². The van der Waals surface area contributed by atoms with Crippen molar-refractivity contribution >= 4 is 6.09 Å². The predicted molar refractivity (Wildman–Crippen MR) is 51.8 cm³/mol. The highest BCUT2D eigenvalue weighted by Crippen LogP contribution is 2.21. The van der Waals surface area contributed by atoms with Gasteiger partial charge in [-0.3, -0.25) is 0 Å². The first-order valence-corrected chi connectivity index (χ1v) is 5.18. The number of carbonyl (C=O) groups is 1. The molecule has 1 saturated carbocycles. The van der Waals surface area contributed by atoms with E-state index in [1.54, 1.807) is 0 Å². The molecule has 1 rings (SSSR count). The second-order valence-corrected chi connectivity index (χ2v) is 4.11. The van der Waals surface area contributed by atoms with Gasteiger partial charge in [-0.15, -0.1) is 0 Å². The summed E-state index contributed by atoms with van der Waals surface area (Å²) in [4.78, 5) is 10.4. The van der Waals surface area contributed by atoms with Crippen LogP contribution in [0.15, 0.2) is 0 Å². The normalized spacial score (nSPS) is 30.2. The highest BCUT2D eigenvalue weighted by atomic mass is 16.4. The summed E-state index contributed by atoms with van der Waals surface area (Å²) in [6.45, 7) is 2.28. The summed E-state index contributed by atoms with van der Waals surface area (Å²) in [5, 5.41) is 11.1. The molecule has 0 spiro atoms. The maximum atomic E-state index is 10.4. The molecular formula is C10H19NO2. The fraction of sp³-hybridized carbons (Fsp3) is 0.900. The molecule has 0 aromatic heterocycles. The minimum absolute atomic E-state index is 0.199. The molecule has 2 N–H and O–H groups in total. The van der Waals surface area contributed by atoms with Crippen molar-refractivity contribution in [3.8, 4) is 0 Å². The van der Waals surface area contributed by atoms with Gasteiger partial charge in [-0.2, -0.15) is 0 Å². The highest BCUT2D eigenvalue weighted by molar-refractivity contribution is 5.64. The van der Waals surface area contributed by atoms with Crippen molar-refractivity contribution in [2.75, 3.05) is 0 Å². The van der Waals surface area contributed by atoms with Crippen molar-refractivity contribution in [2.45, 2.75) is 51.5 Å². The van der Waals surface area contributed by atoms with E-state index in [-0.39, 0.29) is 6.04 Å². The maximum absolute atomic E-state index is 10.4. The van der Waals surface area contributed by atoms with Crippen molar-refractivity contribution in [1.29, 1.82) is 0 Å². The van der Waals surface area contributed by atoms with Crippen LogP contribution in [-0.2, 0) is 0 Å². The van der Waals surface area contributed by atoms with E-state index in [1.807, 2.05) is 0 Å². The van der Waals surface area contributed by atoms with Crippen molar-refractivity contribution in [1.82, 2.24) is 5.32 Å². The zero-order chi connectivity index (χ0) is 9.68. The Morgan fingerprint density at radius 2 is 1.77 bits per heavy atom. The van der Waals surface area contributed by atoms with Gasteiger partial charge in [0.25, 0.3) is 0 Å². The molecule has 0 unspecified atom stereocenters. The number of nitrogens with one attached hydrogen (secondary N) is 1. The fourth-order valence-electron chi connectivity index (χ4n) is 2.03. The minimum atomic E-state index is -0.876. The Kier molecular flexibility index (Phi) is 4.06. The van der Waals surface area contributed by atoms with E-state index in [9.17, 15) is 4.79 Å². The molecule has 76 valence electrons. The summed E-state index contributed by atoms with van der Waals surface area (Å²) in [5.74, 6) is 0.825. The third-order valence-electron chi connectivity index (χ3n) is 2.83. The van der Waals surface area contributed by atoms with Gasteiger partial charge in [-0.25, -0.2) is 4.79 Å².